The van der Waals surface area contributed by atoms with E-state index in [2.05, 4.69) is 25.5 Å². The summed E-state index contributed by atoms with van der Waals surface area (Å²) in [5.74, 6) is -1.80. The number of carboxylic acids is 1. The van der Waals surface area contributed by atoms with Gasteiger partial charge in [-0.25, -0.2) is 35.7 Å². The number of halogens is 2. The van der Waals surface area contributed by atoms with Gasteiger partial charge in [-0.2, -0.15) is 10.2 Å². The molecule has 4 aromatic heterocycles. The van der Waals surface area contributed by atoms with E-state index in [-0.39, 0.29) is 35.1 Å². The Morgan fingerprint density at radius 2 is 1.35 bits per heavy atom. The van der Waals surface area contributed by atoms with Crippen LogP contribution in [0.4, 0.5) is 8.78 Å². The van der Waals surface area contributed by atoms with Gasteiger partial charge >= 0.3 is 5.97 Å². The number of carboxylic acid groups (broad SMARTS) is 1. The van der Waals surface area contributed by atoms with Gasteiger partial charge < -0.3 is 10.4 Å². The molecule has 1 aliphatic rings. The van der Waals surface area contributed by atoms with Gasteiger partial charge in [0.15, 0.2) is 0 Å². The molecular formula is C35H34F2N8O5S. The second-order valence-corrected chi connectivity index (χ2v) is 14.3. The number of carbonyl (C=O) groups excluding carboxylic acids is 1. The van der Waals surface area contributed by atoms with Crippen LogP contribution in [0, 0.1) is 17.6 Å². The lowest BCUT2D eigenvalue weighted by Gasteiger charge is -2.32. The third-order valence-corrected chi connectivity index (χ3v) is 9.90. The van der Waals surface area contributed by atoms with E-state index in [0.29, 0.717) is 58.3 Å². The lowest BCUT2D eigenvalue weighted by Crippen LogP contribution is -2.42. The number of nitrogens with zero attached hydrogens (tertiary/aromatic N) is 7. The van der Waals surface area contributed by atoms with Crippen molar-refractivity contribution in [1.82, 2.24) is 39.2 Å². The molecule has 264 valence electrons. The fourth-order valence-electron chi connectivity index (χ4n) is 6.19. The maximum absolute atomic E-state index is 13.3. The average molecular weight is 717 g/mol. The molecule has 1 fully saturated rings. The van der Waals surface area contributed by atoms with Gasteiger partial charge in [0, 0.05) is 42.3 Å². The monoisotopic (exact) mass is 716 g/mol. The van der Waals surface area contributed by atoms with E-state index >= 15 is 0 Å². The van der Waals surface area contributed by atoms with Crippen LogP contribution >= 0.6 is 0 Å². The number of sulfonamides is 1. The molecule has 0 saturated carbocycles. The normalized spacial score (nSPS) is 15.6. The summed E-state index contributed by atoms with van der Waals surface area (Å²) >= 11 is 0. The van der Waals surface area contributed by atoms with E-state index in [1.54, 1.807) is 41.3 Å². The minimum Gasteiger partial charge on any atom is -0.478 e. The van der Waals surface area contributed by atoms with E-state index in [1.807, 2.05) is 6.92 Å². The van der Waals surface area contributed by atoms with Gasteiger partial charge in [-0.05, 0) is 80.6 Å². The highest BCUT2D eigenvalue weighted by atomic mass is 32.2. The molecule has 2 N–H and O–H groups in total. The van der Waals surface area contributed by atoms with Crippen molar-refractivity contribution in [3.63, 3.8) is 0 Å². The molecule has 6 aromatic rings. The zero-order chi connectivity index (χ0) is 36.3. The Hall–Kier alpha value is -5.61. The van der Waals surface area contributed by atoms with Crippen molar-refractivity contribution in [2.75, 3.05) is 19.3 Å². The fraction of sp³-hybridized carbons (Fsp3) is 0.257. The Kier molecular flexibility index (Phi) is 10.2. The van der Waals surface area contributed by atoms with Crippen LogP contribution in [0.1, 0.15) is 46.9 Å². The number of amides is 1. The molecule has 0 aliphatic carbocycles. The van der Waals surface area contributed by atoms with Crippen LogP contribution in [0.5, 0.6) is 0 Å². The molecule has 0 radical (unpaired) electrons. The third kappa shape index (κ3) is 7.91. The van der Waals surface area contributed by atoms with Gasteiger partial charge in [-0.1, -0.05) is 0 Å². The Labute approximate surface area is 291 Å². The zero-order valence-electron chi connectivity index (χ0n) is 27.6. The van der Waals surface area contributed by atoms with Crippen LogP contribution in [0.2, 0.25) is 0 Å². The van der Waals surface area contributed by atoms with E-state index in [4.69, 9.17) is 5.11 Å². The van der Waals surface area contributed by atoms with E-state index in [9.17, 15) is 26.8 Å². The molecule has 16 heteroatoms. The first-order chi connectivity index (χ1) is 24.4. The Bertz CT molecular complexity index is 2310. The van der Waals surface area contributed by atoms with Gasteiger partial charge in [-0.3, -0.25) is 14.8 Å². The first-order valence-corrected chi connectivity index (χ1v) is 17.9. The molecule has 5 heterocycles. The van der Waals surface area contributed by atoms with Crippen LogP contribution < -0.4 is 5.32 Å². The molecule has 2 atom stereocenters. The number of hydrogen-bond donors (Lipinski definition) is 2. The molecular weight excluding hydrogens is 682 g/mol. The Morgan fingerprint density at radius 3 is 1.86 bits per heavy atom. The van der Waals surface area contributed by atoms with Crippen molar-refractivity contribution in [1.29, 1.82) is 0 Å². The number of rotatable bonds is 8. The highest BCUT2D eigenvalue weighted by Gasteiger charge is 2.27. The summed E-state index contributed by atoms with van der Waals surface area (Å²) in [6, 6.07) is 11.6. The number of aromatic nitrogens is 6. The first-order valence-electron chi connectivity index (χ1n) is 16.0. The third-order valence-electron chi connectivity index (χ3n) is 8.63. The largest absolute Gasteiger partial charge is 0.478 e. The van der Waals surface area contributed by atoms with Crippen LogP contribution in [-0.2, 0) is 10.0 Å². The molecule has 13 nitrogen and oxygen atoms in total. The Morgan fingerprint density at radius 1 is 0.843 bits per heavy atom. The molecule has 2 unspecified atom stereocenters. The van der Waals surface area contributed by atoms with Crippen molar-refractivity contribution in [2.24, 2.45) is 5.92 Å². The summed E-state index contributed by atoms with van der Waals surface area (Å²) in [4.78, 5) is 32.2. The number of aromatic carboxylic acids is 1. The number of hydrogen-bond acceptors (Lipinski definition) is 8. The molecule has 51 heavy (non-hydrogen) atoms. The maximum atomic E-state index is 13.3. The van der Waals surface area contributed by atoms with Gasteiger partial charge in [-0.15, -0.1) is 0 Å². The quantitative estimate of drug-likeness (QED) is 0.221. The smallest absolute Gasteiger partial charge is 0.338 e. The predicted octanol–water partition coefficient (Wildman–Crippen LogP) is 5.00. The number of benzene rings is 2. The Balaban J connectivity index is 0.000000200. The van der Waals surface area contributed by atoms with Crippen molar-refractivity contribution in [2.45, 2.75) is 32.2 Å². The molecule has 1 aliphatic heterocycles. The number of fused-ring (bicyclic) bond motifs is 2. The molecule has 1 amide bonds. The minimum absolute atomic E-state index is 0.0888. The van der Waals surface area contributed by atoms with Gasteiger partial charge in [0.25, 0.3) is 5.91 Å². The summed E-state index contributed by atoms with van der Waals surface area (Å²) in [6.45, 7) is 2.97. The summed E-state index contributed by atoms with van der Waals surface area (Å²) < 4.78 is 54.5. The molecule has 0 spiro atoms. The topological polar surface area (TPSA) is 165 Å². The van der Waals surface area contributed by atoms with E-state index in [1.165, 1.54) is 64.3 Å². The van der Waals surface area contributed by atoms with Gasteiger partial charge in [0.05, 0.1) is 64.6 Å². The minimum atomic E-state index is -3.20. The fourth-order valence-corrected chi connectivity index (χ4v) is 7.13. The summed E-state index contributed by atoms with van der Waals surface area (Å²) in [5, 5.41) is 21.7. The average Bonchev–Trinajstić information content (AvgIpc) is 3.74. The van der Waals surface area contributed by atoms with Crippen LogP contribution in [0.25, 0.3) is 33.2 Å². The summed E-state index contributed by atoms with van der Waals surface area (Å²) in [5.41, 5.74) is 3.01. The summed E-state index contributed by atoms with van der Waals surface area (Å²) in [6.07, 6.45) is 12.7. The predicted molar refractivity (Wildman–Crippen MR) is 185 cm³/mol. The SMILES string of the molecule is CC(CC1CCCN(S(C)(=O)=O)C1)NC(=O)c1cncc2c1cnn2-c1ccc(F)cc1.O=C(O)c1cncc2c1cnn2-c1ccc(F)cc1. The lowest BCUT2D eigenvalue weighted by molar-refractivity contribution is 0.0698. The maximum Gasteiger partial charge on any atom is 0.338 e. The highest BCUT2D eigenvalue weighted by Crippen LogP contribution is 2.25. The van der Waals surface area contributed by atoms with Crippen molar-refractivity contribution in [3.05, 3.63) is 108 Å². The molecule has 2 aromatic carbocycles. The number of pyridine rings is 2. The van der Waals surface area contributed by atoms with Gasteiger partial charge in [0.1, 0.15) is 11.6 Å². The highest BCUT2D eigenvalue weighted by molar-refractivity contribution is 7.88. The zero-order valence-corrected chi connectivity index (χ0v) is 28.5. The van der Waals surface area contributed by atoms with Crippen molar-refractivity contribution < 1.29 is 31.9 Å². The van der Waals surface area contributed by atoms with Gasteiger partial charge in [0.2, 0.25) is 10.0 Å². The summed E-state index contributed by atoms with van der Waals surface area (Å²) in [7, 11) is -3.20. The molecule has 0 bridgehead atoms. The molecule has 7 rings (SSSR count). The number of carbonyl (C=O) groups is 2. The molecule has 1 saturated heterocycles. The van der Waals surface area contributed by atoms with E-state index < -0.39 is 16.0 Å². The second kappa shape index (κ2) is 14.7. The van der Waals surface area contributed by atoms with Crippen LogP contribution in [0.15, 0.2) is 85.7 Å². The standard InChI is InChI=1S/C22H26FN5O3S.C13H8FN3O2/c1-15(10-16-4-3-9-27(14-16)32(2,30)31)26-22(29)20-11-24-13-21-19(20)12-25-28(21)18-7-5-17(23)6-8-18;14-8-1-3-9(4-2-8)17-12-7-15-5-11(13(18)19)10(12)6-16-17/h5-8,11-13,15-16H,3-4,9-10,14H2,1-2H3,(H,26,29);1-7H,(H,18,19). The lowest BCUT2D eigenvalue weighted by atomic mass is 9.93. The van der Waals surface area contributed by atoms with Crippen molar-refractivity contribution >= 4 is 43.7 Å². The number of nitrogens with one attached hydrogen (secondary N) is 1. The second-order valence-electron chi connectivity index (χ2n) is 12.3. The number of piperidine rings is 1. The first kappa shape index (κ1) is 35.2. The van der Waals surface area contributed by atoms with E-state index in [0.717, 1.165) is 12.8 Å². The van der Waals surface area contributed by atoms with Crippen LogP contribution in [-0.4, -0.2) is 84.6 Å². The van der Waals surface area contributed by atoms with Crippen molar-refractivity contribution in [3.8, 4) is 11.4 Å². The van der Waals surface area contributed by atoms with Crippen LogP contribution in [0.3, 0.4) is 0 Å².